The number of amides is 1. The molecule has 23 heavy (non-hydrogen) atoms. The van der Waals surface area contributed by atoms with Crippen molar-refractivity contribution in [3.05, 3.63) is 28.7 Å². The molecule has 6 nitrogen and oxygen atoms in total. The summed E-state index contributed by atoms with van der Waals surface area (Å²) in [6.45, 7) is 10.9. The van der Waals surface area contributed by atoms with E-state index in [0.717, 1.165) is 11.4 Å². The molecule has 0 atom stereocenters. The number of carbonyl (C=O) groups is 1. The summed E-state index contributed by atoms with van der Waals surface area (Å²) in [6, 6.07) is 1.95. The van der Waals surface area contributed by atoms with E-state index in [-0.39, 0.29) is 23.7 Å². The molecule has 2 heterocycles. The Hall–Kier alpha value is -1.66. The molecular weight excluding hydrogens is 314 g/mol. The van der Waals surface area contributed by atoms with E-state index in [9.17, 15) is 4.79 Å². The van der Waals surface area contributed by atoms with Gasteiger partial charge in [0.2, 0.25) is 0 Å². The maximum absolute atomic E-state index is 12.8. The first-order valence-corrected chi connectivity index (χ1v) is 7.45. The maximum atomic E-state index is 12.8. The summed E-state index contributed by atoms with van der Waals surface area (Å²) in [5.74, 6) is -0.0634. The Labute approximate surface area is 143 Å². The van der Waals surface area contributed by atoms with E-state index in [0.29, 0.717) is 30.0 Å². The third kappa shape index (κ3) is 3.82. The molecule has 2 rings (SSSR count). The van der Waals surface area contributed by atoms with Crippen LogP contribution in [-0.4, -0.2) is 45.5 Å². The number of aryl methyl sites for hydroxylation is 3. The van der Waals surface area contributed by atoms with Gasteiger partial charge in [-0.2, -0.15) is 5.10 Å². The molecule has 0 saturated carbocycles. The van der Waals surface area contributed by atoms with Crippen LogP contribution in [0.1, 0.15) is 41.3 Å². The fourth-order valence-electron chi connectivity index (χ4n) is 2.65. The number of aromatic nitrogens is 3. The Balaban J connectivity index is 0.00000264. The van der Waals surface area contributed by atoms with Gasteiger partial charge in [0.1, 0.15) is 5.56 Å². The second kappa shape index (κ2) is 6.84. The van der Waals surface area contributed by atoms with Crippen LogP contribution >= 0.6 is 12.4 Å². The molecule has 1 amide bonds. The lowest BCUT2D eigenvalue weighted by atomic mass is 9.93. The zero-order valence-corrected chi connectivity index (χ0v) is 15.5. The molecule has 0 unspecified atom stereocenters. The van der Waals surface area contributed by atoms with Gasteiger partial charge in [-0.05, 0) is 38.8 Å². The SMILES string of the molecule is Cc1cc(C)n2nc(C)c(C(=O)N(C)CC(C)(C)CN)c2n1.Cl. The third-order valence-electron chi connectivity index (χ3n) is 3.85. The monoisotopic (exact) mass is 339 g/mol. The number of nitrogens with two attached hydrogens (primary N) is 1. The van der Waals surface area contributed by atoms with Crippen LogP contribution < -0.4 is 5.73 Å². The molecule has 0 bridgehead atoms. The molecule has 2 N–H and O–H groups in total. The Morgan fingerprint density at radius 3 is 2.52 bits per heavy atom. The Bertz CT molecular complexity index is 723. The number of halogens is 1. The molecule has 0 aliphatic heterocycles. The van der Waals surface area contributed by atoms with Crippen molar-refractivity contribution >= 4 is 24.0 Å². The number of carbonyl (C=O) groups excluding carboxylic acids is 1. The highest BCUT2D eigenvalue weighted by Gasteiger charge is 2.26. The van der Waals surface area contributed by atoms with Crippen LogP contribution in [0.15, 0.2) is 6.07 Å². The summed E-state index contributed by atoms with van der Waals surface area (Å²) in [5.41, 5.74) is 9.38. The number of nitrogens with zero attached hydrogens (tertiary/aromatic N) is 4. The van der Waals surface area contributed by atoms with Crippen LogP contribution in [0, 0.1) is 26.2 Å². The van der Waals surface area contributed by atoms with Crippen LogP contribution in [0.3, 0.4) is 0 Å². The van der Waals surface area contributed by atoms with Gasteiger partial charge in [0.25, 0.3) is 5.91 Å². The number of fused-ring (bicyclic) bond motifs is 1. The highest BCUT2D eigenvalue weighted by atomic mass is 35.5. The standard InChI is InChI=1S/C16H25N5O.ClH/c1-10-7-11(2)21-14(18-10)13(12(3)19-21)15(22)20(6)9-16(4,5)8-17;/h7H,8-9,17H2,1-6H3;1H. The largest absolute Gasteiger partial charge is 0.341 e. The van der Waals surface area contributed by atoms with E-state index < -0.39 is 0 Å². The second-order valence-electron chi connectivity index (χ2n) is 6.76. The summed E-state index contributed by atoms with van der Waals surface area (Å²) >= 11 is 0. The van der Waals surface area contributed by atoms with Crippen molar-refractivity contribution in [1.82, 2.24) is 19.5 Å². The molecular formula is C16H26ClN5O. The summed E-state index contributed by atoms with van der Waals surface area (Å²) in [7, 11) is 1.80. The van der Waals surface area contributed by atoms with Crippen LogP contribution in [0.5, 0.6) is 0 Å². The van der Waals surface area contributed by atoms with Gasteiger partial charge >= 0.3 is 0 Å². The molecule has 0 fully saturated rings. The van der Waals surface area contributed by atoms with E-state index in [1.165, 1.54) is 0 Å². The number of hydrogen-bond acceptors (Lipinski definition) is 4. The zero-order chi connectivity index (χ0) is 16.7. The molecule has 7 heteroatoms. The first kappa shape index (κ1) is 19.4. The van der Waals surface area contributed by atoms with Gasteiger partial charge < -0.3 is 10.6 Å². The lowest BCUT2D eigenvalue weighted by Gasteiger charge is -2.29. The summed E-state index contributed by atoms with van der Waals surface area (Å²) in [5, 5.41) is 4.46. The lowest BCUT2D eigenvalue weighted by Crippen LogP contribution is -2.40. The van der Waals surface area contributed by atoms with E-state index in [1.807, 2.05) is 40.7 Å². The molecule has 0 aromatic carbocycles. The van der Waals surface area contributed by atoms with Crippen molar-refractivity contribution < 1.29 is 4.79 Å². The van der Waals surface area contributed by atoms with Crippen LogP contribution in [0.25, 0.3) is 5.65 Å². The minimum atomic E-state index is -0.124. The molecule has 0 saturated heterocycles. The van der Waals surface area contributed by atoms with Gasteiger partial charge in [-0.25, -0.2) is 9.50 Å². The minimum absolute atomic E-state index is 0. The Kier molecular flexibility index (Phi) is 5.77. The van der Waals surface area contributed by atoms with Crippen molar-refractivity contribution in [2.45, 2.75) is 34.6 Å². The number of hydrogen-bond donors (Lipinski definition) is 1. The van der Waals surface area contributed by atoms with Crippen LogP contribution in [0.4, 0.5) is 0 Å². The van der Waals surface area contributed by atoms with Crippen molar-refractivity contribution in [1.29, 1.82) is 0 Å². The zero-order valence-electron chi connectivity index (χ0n) is 14.7. The van der Waals surface area contributed by atoms with E-state index >= 15 is 0 Å². The van der Waals surface area contributed by atoms with Gasteiger partial charge in [0, 0.05) is 25.0 Å². The predicted molar refractivity (Wildman–Crippen MR) is 94.2 cm³/mol. The van der Waals surface area contributed by atoms with Crippen molar-refractivity contribution in [2.24, 2.45) is 11.1 Å². The minimum Gasteiger partial charge on any atom is -0.341 e. The van der Waals surface area contributed by atoms with Gasteiger partial charge in [0.05, 0.1) is 5.69 Å². The lowest BCUT2D eigenvalue weighted by molar-refractivity contribution is 0.0741. The van der Waals surface area contributed by atoms with Crippen molar-refractivity contribution in [3.8, 4) is 0 Å². The highest BCUT2D eigenvalue weighted by Crippen LogP contribution is 2.20. The predicted octanol–water partition coefficient (Wildman–Crippen LogP) is 2.13. The Morgan fingerprint density at radius 2 is 1.96 bits per heavy atom. The summed E-state index contributed by atoms with van der Waals surface area (Å²) < 4.78 is 1.73. The van der Waals surface area contributed by atoms with Gasteiger partial charge in [-0.3, -0.25) is 4.79 Å². The molecule has 2 aromatic rings. The van der Waals surface area contributed by atoms with Crippen LogP contribution in [0.2, 0.25) is 0 Å². The average Bonchev–Trinajstić information content (AvgIpc) is 2.74. The summed E-state index contributed by atoms with van der Waals surface area (Å²) in [6.07, 6.45) is 0. The topological polar surface area (TPSA) is 76.5 Å². The number of rotatable bonds is 4. The molecule has 128 valence electrons. The van der Waals surface area contributed by atoms with E-state index in [2.05, 4.69) is 10.1 Å². The maximum Gasteiger partial charge on any atom is 0.259 e. The van der Waals surface area contributed by atoms with E-state index in [1.54, 1.807) is 16.5 Å². The fourth-order valence-corrected chi connectivity index (χ4v) is 2.65. The molecule has 0 aliphatic rings. The Morgan fingerprint density at radius 1 is 1.35 bits per heavy atom. The summed E-state index contributed by atoms with van der Waals surface area (Å²) in [4.78, 5) is 19.1. The molecule has 2 aromatic heterocycles. The molecule has 0 aliphatic carbocycles. The van der Waals surface area contributed by atoms with E-state index in [4.69, 9.17) is 5.73 Å². The van der Waals surface area contributed by atoms with Crippen LogP contribution in [-0.2, 0) is 0 Å². The van der Waals surface area contributed by atoms with Gasteiger partial charge in [0.15, 0.2) is 5.65 Å². The first-order chi connectivity index (χ1) is 10.2. The molecule has 0 spiro atoms. The normalized spacial score (nSPS) is 11.4. The highest BCUT2D eigenvalue weighted by molar-refractivity contribution is 6.01. The second-order valence-corrected chi connectivity index (χ2v) is 6.76. The third-order valence-corrected chi connectivity index (χ3v) is 3.85. The van der Waals surface area contributed by atoms with Gasteiger partial charge in [-0.15, -0.1) is 12.4 Å². The fraction of sp³-hybridized carbons (Fsp3) is 0.562. The quantitative estimate of drug-likeness (QED) is 0.925. The first-order valence-electron chi connectivity index (χ1n) is 7.45. The van der Waals surface area contributed by atoms with Crippen molar-refractivity contribution in [2.75, 3.05) is 20.1 Å². The van der Waals surface area contributed by atoms with Crippen molar-refractivity contribution in [3.63, 3.8) is 0 Å². The molecule has 0 radical (unpaired) electrons. The average molecular weight is 340 g/mol. The smallest absolute Gasteiger partial charge is 0.259 e. The van der Waals surface area contributed by atoms with Gasteiger partial charge in [-0.1, -0.05) is 13.8 Å².